The Morgan fingerprint density at radius 2 is 2.17 bits per heavy atom. The molecule has 2 aliphatic rings. The second-order valence-electron chi connectivity index (χ2n) is 8.13. The lowest BCUT2D eigenvalue weighted by Crippen LogP contribution is -2.57. The average Bonchev–Trinajstić information content (AvgIpc) is 2.66. The molecule has 3 N–H and O–H groups in total. The summed E-state index contributed by atoms with van der Waals surface area (Å²) in [4.78, 5) is 24.0. The highest BCUT2D eigenvalue weighted by Gasteiger charge is 2.53. The monoisotopic (exact) mass is 428 g/mol. The molecular formula is C21H29ClO7. The van der Waals surface area contributed by atoms with E-state index in [-0.39, 0.29) is 17.6 Å². The van der Waals surface area contributed by atoms with Gasteiger partial charge in [0.2, 0.25) is 5.78 Å². The predicted molar refractivity (Wildman–Crippen MR) is 107 cm³/mol. The van der Waals surface area contributed by atoms with E-state index in [0.717, 1.165) is 0 Å². The lowest BCUT2D eigenvalue weighted by Gasteiger charge is -2.42. The predicted octanol–water partition coefficient (Wildman–Crippen LogP) is 1.99. The van der Waals surface area contributed by atoms with Crippen LogP contribution in [-0.2, 0) is 19.1 Å². The molecule has 2 rings (SSSR count). The number of carbonyl (C=O) groups excluding carboxylic acids is 2. The lowest BCUT2D eigenvalue weighted by molar-refractivity contribution is -0.174. The second kappa shape index (κ2) is 8.60. The summed E-state index contributed by atoms with van der Waals surface area (Å²) in [6.07, 6.45) is 3.03. The number of rotatable bonds is 6. The number of ether oxygens (including phenoxy) is 2. The van der Waals surface area contributed by atoms with Gasteiger partial charge in [0.1, 0.15) is 17.5 Å². The van der Waals surface area contributed by atoms with Crippen LogP contribution in [0.4, 0.5) is 0 Å². The van der Waals surface area contributed by atoms with Gasteiger partial charge in [0.25, 0.3) is 0 Å². The number of aliphatic hydroxyl groups is 3. The highest BCUT2D eigenvalue weighted by atomic mass is 35.5. The third-order valence-corrected chi connectivity index (χ3v) is 6.01. The molecule has 1 aliphatic carbocycles. The molecule has 29 heavy (non-hydrogen) atoms. The average molecular weight is 429 g/mol. The molecule has 162 valence electrons. The smallest absolute Gasteiger partial charge is 0.303 e. The number of ketones is 1. The largest absolute Gasteiger partial charge is 0.493 e. The van der Waals surface area contributed by atoms with Crippen LogP contribution in [0.2, 0.25) is 0 Å². The first-order valence-electron chi connectivity index (χ1n) is 9.61. The third kappa shape index (κ3) is 4.74. The molecule has 0 aromatic rings. The van der Waals surface area contributed by atoms with E-state index in [2.05, 4.69) is 0 Å². The lowest BCUT2D eigenvalue weighted by atomic mass is 9.74. The molecule has 0 bridgehead atoms. The maximum Gasteiger partial charge on any atom is 0.303 e. The van der Waals surface area contributed by atoms with Crippen molar-refractivity contribution in [1.82, 2.24) is 0 Å². The molecule has 0 spiro atoms. The molecule has 0 radical (unpaired) electrons. The van der Waals surface area contributed by atoms with E-state index >= 15 is 0 Å². The fourth-order valence-electron chi connectivity index (χ4n) is 3.55. The number of Topliss-reactive ketones (excluding diaryl/α,β-unsaturated/α-hetero) is 1. The molecule has 0 aromatic carbocycles. The van der Waals surface area contributed by atoms with E-state index in [1.54, 1.807) is 0 Å². The molecule has 0 saturated heterocycles. The van der Waals surface area contributed by atoms with Crippen LogP contribution in [0.1, 0.15) is 41.0 Å². The molecular weight excluding hydrogens is 400 g/mol. The van der Waals surface area contributed by atoms with Crippen LogP contribution in [0.25, 0.3) is 0 Å². The SMILES string of the molecule is CC[C@H](C)[C@@H](O)[C@@](C)(O)/C=C/C1=CC2=C(Cl)C(=O)[C@](C)(O)[C@H](OC(C)=O)[C@@H]2CO1. The molecule has 1 aliphatic heterocycles. The molecule has 0 unspecified atom stereocenters. The van der Waals surface area contributed by atoms with Crippen LogP contribution in [0.5, 0.6) is 0 Å². The zero-order chi connectivity index (χ0) is 22.1. The minimum Gasteiger partial charge on any atom is -0.493 e. The first-order valence-corrected chi connectivity index (χ1v) is 9.98. The number of hydrogen-bond acceptors (Lipinski definition) is 7. The van der Waals surface area contributed by atoms with E-state index < -0.39 is 41.1 Å². The first-order chi connectivity index (χ1) is 13.3. The molecule has 0 saturated carbocycles. The molecule has 6 atom stereocenters. The minimum atomic E-state index is -1.97. The maximum absolute atomic E-state index is 12.5. The number of allylic oxidation sites excluding steroid dienone is 2. The molecule has 0 fully saturated rings. The molecule has 0 aromatic heterocycles. The Balaban J connectivity index is 2.35. The van der Waals surface area contributed by atoms with Crippen molar-refractivity contribution in [3.63, 3.8) is 0 Å². The number of carbonyl (C=O) groups is 2. The molecule has 8 heteroatoms. The van der Waals surface area contributed by atoms with Gasteiger partial charge in [-0.1, -0.05) is 31.9 Å². The van der Waals surface area contributed by atoms with Crippen molar-refractivity contribution in [2.45, 2.75) is 64.4 Å². The van der Waals surface area contributed by atoms with E-state index in [1.807, 2.05) is 13.8 Å². The number of aliphatic hydroxyl groups excluding tert-OH is 1. The van der Waals surface area contributed by atoms with Gasteiger partial charge in [-0.2, -0.15) is 0 Å². The van der Waals surface area contributed by atoms with E-state index in [4.69, 9.17) is 21.1 Å². The highest BCUT2D eigenvalue weighted by Crippen LogP contribution is 2.41. The third-order valence-electron chi connectivity index (χ3n) is 5.62. The zero-order valence-corrected chi connectivity index (χ0v) is 18.1. The Hall–Kier alpha value is -1.67. The van der Waals surface area contributed by atoms with Crippen LogP contribution < -0.4 is 0 Å². The van der Waals surface area contributed by atoms with Gasteiger partial charge in [0.05, 0.1) is 23.7 Å². The Kier molecular flexibility index (Phi) is 7.00. The quantitative estimate of drug-likeness (QED) is 0.554. The topological polar surface area (TPSA) is 113 Å². The number of hydrogen-bond donors (Lipinski definition) is 3. The fraction of sp³-hybridized carbons (Fsp3) is 0.619. The van der Waals surface area contributed by atoms with Crippen LogP contribution in [0.15, 0.2) is 34.6 Å². The molecule has 7 nitrogen and oxygen atoms in total. The summed E-state index contributed by atoms with van der Waals surface area (Å²) >= 11 is 6.21. The second-order valence-corrected chi connectivity index (χ2v) is 8.51. The first kappa shape index (κ1) is 23.6. The van der Waals surface area contributed by atoms with Gasteiger partial charge in [-0.3, -0.25) is 9.59 Å². The van der Waals surface area contributed by atoms with Gasteiger partial charge in [-0.15, -0.1) is 0 Å². The van der Waals surface area contributed by atoms with Gasteiger partial charge in [-0.05, 0) is 43.6 Å². The summed E-state index contributed by atoms with van der Waals surface area (Å²) in [6.45, 7) is 7.72. The Labute approximate surface area is 175 Å². The summed E-state index contributed by atoms with van der Waals surface area (Å²) in [5.41, 5.74) is -3.06. The normalized spacial score (nSPS) is 31.5. The summed E-state index contributed by atoms with van der Waals surface area (Å²) in [7, 11) is 0. The van der Waals surface area contributed by atoms with Gasteiger partial charge >= 0.3 is 5.97 Å². The summed E-state index contributed by atoms with van der Waals surface area (Å²) in [5.74, 6) is -1.79. The van der Waals surface area contributed by atoms with Crippen LogP contribution in [0.3, 0.4) is 0 Å². The van der Waals surface area contributed by atoms with Crippen molar-refractivity contribution in [2.24, 2.45) is 11.8 Å². The highest BCUT2D eigenvalue weighted by molar-refractivity contribution is 6.44. The Bertz CT molecular complexity index is 763. The fourth-order valence-corrected chi connectivity index (χ4v) is 3.94. The summed E-state index contributed by atoms with van der Waals surface area (Å²) in [6, 6.07) is 0. The standard InChI is InChI=1S/C21H29ClO7/c1-6-11(2)17(24)20(4,26)8-7-13-9-14-15(10-28-13)19(29-12(3)23)21(5,27)18(25)16(14)22/h7-9,11,15,17,19,24,26-27H,6,10H2,1-5H3/b8-7+/t11-,15+,17+,19+,20-,21-/m0/s1. The van der Waals surface area contributed by atoms with Crippen LogP contribution >= 0.6 is 11.6 Å². The van der Waals surface area contributed by atoms with Crippen LogP contribution in [-0.4, -0.2) is 57.1 Å². The number of fused-ring (bicyclic) bond motifs is 1. The van der Waals surface area contributed by atoms with E-state index in [0.29, 0.717) is 17.8 Å². The number of halogens is 1. The maximum atomic E-state index is 12.5. The summed E-state index contributed by atoms with van der Waals surface area (Å²) in [5, 5.41) is 31.3. The number of esters is 1. The van der Waals surface area contributed by atoms with Gasteiger partial charge in [0, 0.05) is 6.92 Å². The summed E-state index contributed by atoms with van der Waals surface area (Å²) < 4.78 is 10.9. The molecule has 0 amide bonds. The van der Waals surface area contributed by atoms with Gasteiger partial charge < -0.3 is 24.8 Å². The Morgan fingerprint density at radius 1 is 1.55 bits per heavy atom. The van der Waals surface area contributed by atoms with Crippen LogP contribution in [0, 0.1) is 11.8 Å². The van der Waals surface area contributed by atoms with Crippen molar-refractivity contribution in [3.05, 3.63) is 34.6 Å². The van der Waals surface area contributed by atoms with Crippen molar-refractivity contribution in [1.29, 1.82) is 0 Å². The van der Waals surface area contributed by atoms with Crippen molar-refractivity contribution in [3.8, 4) is 0 Å². The van der Waals surface area contributed by atoms with Gasteiger partial charge in [-0.25, -0.2) is 0 Å². The van der Waals surface area contributed by atoms with Crippen molar-refractivity contribution in [2.75, 3.05) is 6.61 Å². The van der Waals surface area contributed by atoms with Crippen molar-refractivity contribution >= 4 is 23.4 Å². The van der Waals surface area contributed by atoms with E-state index in [1.165, 1.54) is 39.0 Å². The minimum absolute atomic E-state index is 0.0131. The van der Waals surface area contributed by atoms with Crippen molar-refractivity contribution < 1.29 is 34.4 Å². The molecule has 1 heterocycles. The van der Waals surface area contributed by atoms with Gasteiger partial charge in [0.15, 0.2) is 5.60 Å². The van der Waals surface area contributed by atoms with E-state index in [9.17, 15) is 24.9 Å². The Morgan fingerprint density at radius 3 is 2.72 bits per heavy atom. The zero-order valence-electron chi connectivity index (χ0n) is 17.3.